The van der Waals surface area contributed by atoms with Crippen LogP contribution in [0.25, 0.3) is 11.1 Å². The zero-order valence-corrected chi connectivity index (χ0v) is 14.4. The smallest absolute Gasteiger partial charge is 0.408 e. The fourth-order valence-electron chi connectivity index (χ4n) is 2.84. The molecule has 1 aliphatic rings. The fourth-order valence-corrected chi connectivity index (χ4v) is 3.80. The zero-order valence-electron chi connectivity index (χ0n) is 13.6. The van der Waals surface area contributed by atoms with Crippen LogP contribution in [0.2, 0.25) is 0 Å². The molecule has 25 heavy (non-hydrogen) atoms. The topological polar surface area (TPSA) is 94.1 Å². The van der Waals surface area contributed by atoms with Crippen LogP contribution in [-0.4, -0.2) is 25.9 Å². The number of imidazole rings is 1. The number of nitrogens with one attached hydrogen (secondary N) is 2. The molecule has 0 aliphatic carbocycles. The Morgan fingerprint density at radius 3 is 3.12 bits per heavy atom. The van der Waals surface area contributed by atoms with Gasteiger partial charge in [-0.2, -0.15) is 0 Å². The average molecular weight is 359 g/mol. The maximum atomic E-state index is 12.1. The summed E-state index contributed by atoms with van der Waals surface area (Å²) in [4.78, 5) is 28.2. The first-order chi connectivity index (χ1) is 12.1. The van der Waals surface area contributed by atoms with Crippen LogP contribution in [0.5, 0.6) is 0 Å². The van der Waals surface area contributed by atoms with Gasteiger partial charge in [-0.3, -0.25) is 4.57 Å². The molecule has 3 heterocycles. The van der Waals surface area contributed by atoms with Crippen LogP contribution in [0.3, 0.4) is 0 Å². The first-order valence-corrected chi connectivity index (χ1v) is 8.99. The second kappa shape index (κ2) is 6.32. The number of benzene rings is 1. The number of oxazole rings is 1. The molecule has 1 aliphatic heterocycles. The van der Waals surface area contributed by atoms with E-state index in [2.05, 4.69) is 20.2 Å². The number of urea groups is 1. The summed E-state index contributed by atoms with van der Waals surface area (Å²) in [7, 11) is 0. The van der Waals surface area contributed by atoms with Crippen LogP contribution in [-0.2, 0) is 19.6 Å². The summed E-state index contributed by atoms with van der Waals surface area (Å²) in [6.45, 7) is 3.73. The Morgan fingerprint density at radius 1 is 1.44 bits per heavy atom. The minimum absolute atomic E-state index is 0.336. The molecule has 0 spiro atoms. The molecule has 2 N–H and O–H groups in total. The van der Waals surface area contributed by atoms with E-state index in [1.54, 1.807) is 30.0 Å². The molecule has 0 atom stereocenters. The van der Waals surface area contributed by atoms with Gasteiger partial charge in [0.25, 0.3) is 0 Å². The third-order valence-corrected chi connectivity index (χ3v) is 5.00. The highest BCUT2D eigenvalue weighted by molar-refractivity contribution is 7.99. The summed E-state index contributed by atoms with van der Waals surface area (Å²) in [5.41, 5.74) is 2.55. The molecule has 2 amide bonds. The second-order valence-electron chi connectivity index (χ2n) is 5.66. The highest BCUT2D eigenvalue weighted by Gasteiger charge is 2.15. The van der Waals surface area contributed by atoms with Crippen molar-refractivity contribution >= 4 is 34.6 Å². The van der Waals surface area contributed by atoms with Crippen molar-refractivity contribution in [2.75, 3.05) is 11.1 Å². The van der Waals surface area contributed by atoms with Crippen LogP contribution in [0.1, 0.15) is 12.6 Å². The van der Waals surface area contributed by atoms with Crippen molar-refractivity contribution in [3.63, 3.8) is 0 Å². The van der Waals surface area contributed by atoms with E-state index in [9.17, 15) is 9.59 Å². The maximum Gasteiger partial charge on any atom is 0.419 e. The Kier molecular flexibility index (Phi) is 4.00. The fraction of sp³-hybridized carbons (Fsp3) is 0.312. The molecular weight excluding hydrogens is 342 g/mol. The number of hydrogen-bond donors (Lipinski definition) is 2. The zero-order chi connectivity index (χ0) is 17.4. The van der Waals surface area contributed by atoms with Gasteiger partial charge < -0.3 is 19.6 Å². The Hall–Kier alpha value is -2.68. The molecule has 3 aromatic rings. The lowest BCUT2D eigenvalue weighted by atomic mass is 10.3. The third-order valence-electron chi connectivity index (χ3n) is 4.03. The molecule has 2 aromatic heterocycles. The molecule has 130 valence electrons. The molecule has 0 saturated carbocycles. The van der Waals surface area contributed by atoms with Gasteiger partial charge in [-0.05, 0) is 19.1 Å². The van der Waals surface area contributed by atoms with E-state index in [0.717, 1.165) is 23.1 Å². The van der Waals surface area contributed by atoms with Crippen molar-refractivity contribution in [1.29, 1.82) is 0 Å². The molecule has 0 saturated heterocycles. The van der Waals surface area contributed by atoms with Gasteiger partial charge in [0.2, 0.25) is 0 Å². The van der Waals surface area contributed by atoms with Crippen molar-refractivity contribution in [3.8, 4) is 0 Å². The number of carbonyl (C=O) groups excluding carboxylic acids is 1. The number of aromatic nitrogens is 3. The van der Waals surface area contributed by atoms with Crippen LogP contribution >= 0.6 is 11.8 Å². The lowest BCUT2D eigenvalue weighted by molar-refractivity contribution is 0.251. The van der Waals surface area contributed by atoms with E-state index in [-0.39, 0.29) is 6.03 Å². The van der Waals surface area contributed by atoms with Crippen LogP contribution < -0.4 is 16.4 Å². The average Bonchev–Trinajstić information content (AvgIpc) is 3.24. The van der Waals surface area contributed by atoms with Crippen LogP contribution in [0.4, 0.5) is 10.5 Å². The van der Waals surface area contributed by atoms with Crippen molar-refractivity contribution < 1.29 is 9.21 Å². The number of thioether (sulfide) groups is 1. The summed E-state index contributed by atoms with van der Waals surface area (Å²) in [5, 5.41) is 6.52. The van der Waals surface area contributed by atoms with Gasteiger partial charge in [0.05, 0.1) is 17.8 Å². The normalized spacial score (nSPS) is 13.2. The number of hydrogen-bond acceptors (Lipinski definition) is 5. The molecule has 9 heteroatoms. The van der Waals surface area contributed by atoms with Gasteiger partial charge in [-0.1, -0.05) is 11.8 Å². The quantitative estimate of drug-likeness (QED) is 0.745. The molecule has 0 radical (unpaired) electrons. The molecular formula is C16H17N5O3S. The number of amides is 2. The van der Waals surface area contributed by atoms with E-state index in [4.69, 9.17) is 4.42 Å². The van der Waals surface area contributed by atoms with E-state index in [1.807, 2.05) is 13.1 Å². The van der Waals surface area contributed by atoms with Crippen molar-refractivity contribution in [3.05, 3.63) is 40.6 Å². The first-order valence-electron chi connectivity index (χ1n) is 8.01. The summed E-state index contributed by atoms with van der Waals surface area (Å²) >= 11 is 1.72. The van der Waals surface area contributed by atoms with E-state index < -0.39 is 5.76 Å². The summed E-state index contributed by atoms with van der Waals surface area (Å²) in [6, 6.07) is 4.81. The first kappa shape index (κ1) is 15.8. The van der Waals surface area contributed by atoms with Gasteiger partial charge >= 0.3 is 11.8 Å². The van der Waals surface area contributed by atoms with Gasteiger partial charge in [-0.25, -0.2) is 14.6 Å². The Labute approximate surface area is 147 Å². The lowest BCUT2D eigenvalue weighted by Crippen LogP contribution is -2.28. The highest BCUT2D eigenvalue weighted by Crippen LogP contribution is 2.24. The molecule has 1 aromatic carbocycles. The second-order valence-corrected chi connectivity index (χ2v) is 6.72. The monoisotopic (exact) mass is 359 g/mol. The van der Waals surface area contributed by atoms with Gasteiger partial charge in [0, 0.05) is 36.8 Å². The predicted molar refractivity (Wildman–Crippen MR) is 95.0 cm³/mol. The third kappa shape index (κ3) is 3.02. The van der Waals surface area contributed by atoms with Gasteiger partial charge in [0.1, 0.15) is 0 Å². The van der Waals surface area contributed by atoms with Crippen molar-refractivity contribution in [2.45, 2.75) is 31.7 Å². The number of fused-ring (bicyclic) bond motifs is 2. The summed E-state index contributed by atoms with van der Waals surface area (Å²) in [5.74, 6) is 0.652. The number of anilines is 1. The minimum atomic E-state index is -0.398. The number of rotatable bonds is 4. The Bertz CT molecular complexity index is 982. The van der Waals surface area contributed by atoms with Crippen molar-refractivity contribution in [2.24, 2.45) is 0 Å². The van der Waals surface area contributed by atoms with Crippen molar-refractivity contribution in [1.82, 2.24) is 19.4 Å². The largest absolute Gasteiger partial charge is 0.419 e. The highest BCUT2D eigenvalue weighted by atomic mass is 32.2. The predicted octanol–water partition coefficient (Wildman–Crippen LogP) is 2.24. The molecule has 0 unspecified atom stereocenters. The molecule has 4 rings (SSSR count). The van der Waals surface area contributed by atoms with Gasteiger partial charge in [0.15, 0.2) is 10.7 Å². The van der Waals surface area contributed by atoms with Crippen LogP contribution in [0.15, 0.2) is 38.8 Å². The lowest BCUT2D eigenvalue weighted by Gasteiger charge is -2.06. The summed E-state index contributed by atoms with van der Waals surface area (Å²) < 4.78 is 8.82. The molecule has 0 fully saturated rings. The molecule has 0 bridgehead atoms. The Morgan fingerprint density at radius 2 is 2.32 bits per heavy atom. The maximum absolute atomic E-state index is 12.1. The standard InChI is InChI=1S/C16H17N5O3S/c1-2-21-12-4-3-10(7-13(12)24-16(21)23)18-14(22)17-8-11-9-20-5-6-25-15(20)19-11/h3-4,7,9H,2,5-6,8H2,1H3,(H2,17,18,22). The summed E-state index contributed by atoms with van der Waals surface area (Å²) in [6.07, 6.45) is 1.96. The van der Waals surface area contributed by atoms with Gasteiger partial charge in [-0.15, -0.1) is 0 Å². The van der Waals surface area contributed by atoms with Crippen LogP contribution in [0, 0.1) is 0 Å². The minimum Gasteiger partial charge on any atom is -0.408 e. The van der Waals surface area contributed by atoms with E-state index in [1.165, 1.54) is 4.57 Å². The Balaban J connectivity index is 1.41. The number of aryl methyl sites for hydroxylation is 2. The van der Waals surface area contributed by atoms with E-state index >= 15 is 0 Å². The SMILES string of the molecule is CCn1c(=O)oc2cc(NC(=O)NCc3cn4c(n3)SCC4)ccc21. The number of carbonyl (C=O) groups is 1. The number of nitrogens with zero attached hydrogens (tertiary/aromatic N) is 3. The van der Waals surface area contributed by atoms with E-state index in [0.29, 0.717) is 29.9 Å². The molecule has 8 nitrogen and oxygen atoms in total.